The fraction of sp³-hybridized carbons (Fsp3) is 0.875. The van der Waals surface area contributed by atoms with E-state index in [0.29, 0.717) is 19.4 Å². The molecule has 6 heteroatoms. The summed E-state index contributed by atoms with van der Waals surface area (Å²) in [6.07, 6.45) is 74.9. The van der Waals surface area contributed by atoms with Gasteiger partial charge in [0.15, 0.2) is 0 Å². The lowest BCUT2D eigenvalue weighted by Crippen LogP contribution is -2.45. The minimum Gasteiger partial charge on any atom is -0.466 e. The Labute approximate surface area is 436 Å². The SMILES string of the molecule is CCCCC/C=C\C/C=C\CCCCCCCC(=O)OCCCCCCCCCCCCCCCCCCCCCCCCCCCCCCC(=O)NC(CO)C(O)/C=C/CCCCCCCCCC. The normalized spacial score (nSPS) is 12.8. The zero-order valence-electron chi connectivity index (χ0n) is 47.0. The molecule has 1 amide bonds. The number of rotatable bonds is 58. The minimum atomic E-state index is -0.840. The molecule has 0 aliphatic rings. The maximum absolute atomic E-state index is 12.4. The number of aliphatic hydroxyl groups excluding tert-OH is 2. The number of amides is 1. The van der Waals surface area contributed by atoms with Crippen LogP contribution in [0.15, 0.2) is 36.5 Å². The summed E-state index contributed by atoms with van der Waals surface area (Å²) < 4.78 is 5.48. The van der Waals surface area contributed by atoms with E-state index >= 15 is 0 Å². The molecule has 0 saturated carbocycles. The molecule has 0 radical (unpaired) electrons. The van der Waals surface area contributed by atoms with E-state index in [0.717, 1.165) is 51.4 Å². The molecule has 0 aromatic rings. The highest BCUT2D eigenvalue weighted by molar-refractivity contribution is 5.76. The Morgan fingerprint density at radius 2 is 0.714 bits per heavy atom. The van der Waals surface area contributed by atoms with Crippen molar-refractivity contribution in [1.29, 1.82) is 0 Å². The van der Waals surface area contributed by atoms with E-state index in [2.05, 4.69) is 43.5 Å². The quantitative estimate of drug-likeness (QED) is 0.0321. The molecular formula is C64H121NO5. The number of nitrogens with one attached hydrogen (secondary N) is 1. The Morgan fingerprint density at radius 3 is 1.11 bits per heavy atom. The molecule has 70 heavy (non-hydrogen) atoms. The zero-order valence-corrected chi connectivity index (χ0v) is 47.0. The first-order valence-corrected chi connectivity index (χ1v) is 31.3. The summed E-state index contributed by atoms with van der Waals surface area (Å²) in [5.41, 5.74) is 0. The fourth-order valence-corrected chi connectivity index (χ4v) is 9.61. The third kappa shape index (κ3) is 55.4. The monoisotopic (exact) mass is 984 g/mol. The predicted molar refractivity (Wildman–Crippen MR) is 306 cm³/mol. The van der Waals surface area contributed by atoms with Gasteiger partial charge in [-0.25, -0.2) is 0 Å². The van der Waals surface area contributed by atoms with Crippen LogP contribution in [0.5, 0.6) is 0 Å². The Morgan fingerprint density at radius 1 is 0.400 bits per heavy atom. The van der Waals surface area contributed by atoms with Crippen molar-refractivity contribution in [3.8, 4) is 0 Å². The van der Waals surface area contributed by atoms with E-state index in [1.807, 2.05) is 6.08 Å². The summed E-state index contributed by atoms with van der Waals surface area (Å²) in [5.74, 6) is -0.0620. The molecule has 2 unspecified atom stereocenters. The van der Waals surface area contributed by atoms with E-state index in [1.165, 1.54) is 257 Å². The van der Waals surface area contributed by atoms with Crippen LogP contribution in [-0.4, -0.2) is 47.4 Å². The van der Waals surface area contributed by atoms with Gasteiger partial charge in [-0.3, -0.25) is 9.59 Å². The first kappa shape index (κ1) is 68.1. The molecule has 6 nitrogen and oxygen atoms in total. The number of carbonyl (C=O) groups excluding carboxylic acids is 2. The average Bonchev–Trinajstić information content (AvgIpc) is 3.36. The second-order valence-electron chi connectivity index (χ2n) is 21.4. The lowest BCUT2D eigenvalue weighted by molar-refractivity contribution is -0.143. The highest BCUT2D eigenvalue weighted by Crippen LogP contribution is 2.18. The van der Waals surface area contributed by atoms with Gasteiger partial charge in [-0.1, -0.05) is 294 Å². The molecule has 0 saturated heterocycles. The summed E-state index contributed by atoms with van der Waals surface area (Å²) in [6, 6.07) is -0.623. The Hall–Kier alpha value is -1.92. The van der Waals surface area contributed by atoms with Crippen LogP contribution in [0.1, 0.15) is 335 Å². The highest BCUT2D eigenvalue weighted by atomic mass is 16.5. The van der Waals surface area contributed by atoms with Gasteiger partial charge in [0, 0.05) is 12.8 Å². The number of carbonyl (C=O) groups is 2. The minimum absolute atomic E-state index is 0.00422. The van der Waals surface area contributed by atoms with E-state index in [4.69, 9.17) is 4.74 Å². The molecule has 0 fully saturated rings. The topological polar surface area (TPSA) is 95.9 Å². The van der Waals surface area contributed by atoms with Crippen molar-refractivity contribution in [1.82, 2.24) is 5.32 Å². The smallest absolute Gasteiger partial charge is 0.305 e. The molecule has 0 aliphatic heterocycles. The molecule has 0 spiro atoms. The van der Waals surface area contributed by atoms with Crippen molar-refractivity contribution >= 4 is 11.9 Å². The van der Waals surface area contributed by atoms with Crippen molar-refractivity contribution < 1.29 is 24.5 Å². The maximum atomic E-state index is 12.4. The number of hydrogen-bond acceptors (Lipinski definition) is 5. The van der Waals surface area contributed by atoms with Gasteiger partial charge < -0.3 is 20.3 Å². The molecule has 0 aliphatic carbocycles. The van der Waals surface area contributed by atoms with Crippen molar-refractivity contribution in [2.45, 2.75) is 347 Å². The Bertz CT molecular complexity index is 1130. The Balaban J connectivity index is 3.33. The lowest BCUT2D eigenvalue weighted by Gasteiger charge is -2.20. The van der Waals surface area contributed by atoms with Crippen molar-refractivity contribution in [2.75, 3.05) is 13.2 Å². The molecule has 0 aromatic carbocycles. The van der Waals surface area contributed by atoms with Crippen LogP contribution in [0, 0.1) is 0 Å². The summed E-state index contributed by atoms with van der Waals surface area (Å²) >= 11 is 0. The van der Waals surface area contributed by atoms with E-state index in [9.17, 15) is 19.8 Å². The molecule has 3 N–H and O–H groups in total. The summed E-state index contributed by atoms with van der Waals surface area (Å²) in [7, 11) is 0. The molecule has 0 bridgehead atoms. The first-order valence-electron chi connectivity index (χ1n) is 31.3. The van der Waals surface area contributed by atoms with Crippen LogP contribution in [0.25, 0.3) is 0 Å². The van der Waals surface area contributed by atoms with Crippen molar-refractivity contribution in [2.24, 2.45) is 0 Å². The molecule has 0 heterocycles. The third-order valence-electron chi connectivity index (χ3n) is 14.4. The predicted octanol–water partition coefficient (Wildman–Crippen LogP) is 19.6. The van der Waals surface area contributed by atoms with Crippen LogP contribution < -0.4 is 5.32 Å². The van der Waals surface area contributed by atoms with Crippen molar-refractivity contribution in [3.05, 3.63) is 36.5 Å². The molecule has 2 atom stereocenters. The average molecular weight is 985 g/mol. The van der Waals surface area contributed by atoms with Gasteiger partial charge in [0.25, 0.3) is 0 Å². The van der Waals surface area contributed by atoms with E-state index in [1.54, 1.807) is 6.08 Å². The highest BCUT2D eigenvalue weighted by Gasteiger charge is 2.18. The largest absolute Gasteiger partial charge is 0.466 e. The Kier molecular flexibility index (Phi) is 58.0. The third-order valence-corrected chi connectivity index (χ3v) is 14.4. The number of hydrogen-bond donors (Lipinski definition) is 3. The van der Waals surface area contributed by atoms with Gasteiger partial charge >= 0.3 is 5.97 Å². The van der Waals surface area contributed by atoms with Gasteiger partial charge in [-0.15, -0.1) is 0 Å². The maximum Gasteiger partial charge on any atom is 0.305 e. The van der Waals surface area contributed by atoms with Gasteiger partial charge in [-0.2, -0.15) is 0 Å². The van der Waals surface area contributed by atoms with Gasteiger partial charge in [0.2, 0.25) is 5.91 Å². The number of unbranched alkanes of at least 4 members (excludes halogenated alkanes) is 43. The zero-order chi connectivity index (χ0) is 50.7. The van der Waals surface area contributed by atoms with Crippen LogP contribution in [-0.2, 0) is 14.3 Å². The van der Waals surface area contributed by atoms with E-state index < -0.39 is 12.1 Å². The number of aliphatic hydroxyl groups is 2. The molecule has 412 valence electrons. The molecular weight excluding hydrogens is 863 g/mol. The van der Waals surface area contributed by atoms with Gasteiger partial charge in [0.1, 0.15) is 0 Å². The lowest BCUT2D eigenvalue weighted by atomic mass is 10.0. The number of esters is 1. The number of ether oxygens (including phenoxy) is 1. The summed E-state index contributed by atoms with van der Waals surface area (Å²) in [6.45, 7) is 4.87. The number of allylic oxidation sites excluding steroid dienone is 5. The summed E-state index contributed by atoms with van der Waals surface area (Å²) in [4.78, 5) is 24.5. The van der Waals surface area contributed by atoms with Crippen LogP contribution in [0.2, 0.25) is 0 Å². The van der Waals surface area contributed by atoms with E-state index in [-0.39, 0.29) is 18.5 Å². The fourth-order valence-electron chi connectivity index (χ4n) is 9.61. The second-order valence-corrected chi connectivity index (χ2v) is 21.4. The van der Waals surface area contributed by atoms with Gasteiger partial charge in [0.05, 0.1) is 25.4 Å². The second kappa shape index (κ2) is 59.6. The standard InChI is InChI=1S/C64H121NO5/c1-3-5-7-9-11-13-15-16-31-35-38-42-46-50-54-58-64(69)70-59-55-51-47-43-39-36-33-30-28-26-24-22-20-18-17-19-21-23-25-27-29-32-34-37-41-45-49-53-57-63(68)65-61(60-66)62(67)56-52-48-44-40-14-12-10-8-6-4-2/h11,13,16,31,52,56,61-62,66-67H,3-10,12,14-15,17-30,32-51,53-55,57-60H2,1-2H3,(H,65,68)/b13-11-,31-16-,56-52+. The first-order chi connectivity index (χ1) is 34.5. The van der Waals surface area contributed by atoms with Crippen molar-refractivity contribution in [3.63, 3.8) is 0 Å². The van der Waals surface area contributed by atoms with Crippen LogP contribution in [0.3, 0.4) is 0 Å². The summed E-state index contributed by atoms with van der Waals surface area (Å²) in [5, 5.41) is 23.0. The van der Waals surface area contributed by atoms with Crippen LogP contribution >= 0.6 is 0 Å². The van der Waals surface area contributed by atoms with Crippen LogP contribution in [0.4, 0.5) is 0 Å². The molecule has 0 aromatic heterocycles. The molecule has 0 rings (SSSR count). The van der Waals surface area contributed by atoms with Gasteiger partial charge in [-0.05, 0) is 64.2 Å².